The van der Waals surface area contributed by atoms with E-state index in [0.717, 1.165) is 29.1 Å². The Bertz CT molecular complexity index is 950. The first-order valence-electron chi connectivity index (χ1n) is 9.17. The molecule has 0 unspecified atom stereocenters. The van der Waals surface area contributed by atoms with Gasteiger partial charge in [-0.05, 0) is 55.3 Å². The van der Waals surface area contributed by atoms with Crippen molar-refractivity contribution >= 4 is 33.3 Å². The van der Waals surface area contributed by atoms with Crippen molar-refractivity contribution in [2.24, 2.45) is 0 Å². The molecule has 1 aliphatic heterocycles. The van der Waals surface area contributed by atoms with Crippen LogP contribution in [0, 0.1) is 0 Å². The van der Waals surface area contributed by atoms with E-state index in [2.05, 4.69) is 31.1 Å². The van der Waals surface area contributed by atoms with E-state index in [-0.39, 0.29) is 18.3 Å². The average molecular weight is 442 g/mol. The van der Waals surface area contributed by atoms with Gasteiger partial charge in [0.25, 0.3) is 5.91 Å². The van der Waals surface area contributed by atoms with Gasteiger partial charge in [0.15, 0.2) is 5.76 Å². The molecule has 1 fully saturated rings. The molecule has 3 heterocycles. The van der Waals surface area contributed by atoms with Gasteiger partial charge in [-0.2, -0.15) is 0 Å². The predicted molar refractivity (Wildman–Crippen MR) is 111 cm³/mol. The highest BCUT2D eigenvalue weighted by molar-refractivity contribution is 9.10. The number of amides is 1. The quantitative estimate of drug-likeness (QED) is 0.590. The minimum Gasteiger partial charge on any atom is -0.486 e. The summed E-state index contributed by atoms with van der Waals surface area (Å²) in [4.78, 5) is 19.1. The van der Waals surface area contributed by atoms with Gasteiger partial charge in [-0.25, -0.2) is 4.98 Å². The summed E-state index contributed by atoms with van der Waals surface area (Å²) in [7, 11) is 0. The highest BCUT2D eigenvalue weighted by Gasteiger charge is 2.15. The highest BCUT2D eigenvalue weighted by atomic mass is 79.9. The lowest BCUT2D eigenvalue weighted by Crippen LogP contribution is -2.19. The number of carbonyl (C=O) groups is 1. The maximum absolute atomic E-state index is 12.4. The standard InChI is InChI=1S/C21H20BrN3O3/c22-15-4-3-5-17(12-15)27-14-18-7-8-19(28-18)21(26)24-16-6-9-20(23-13-16)25-10-1-2-11-25/h3-9,12-13H,1-2,10-11,14H2,(H,24,26). The molecule has 1 amide bonds. The Labute approximate surface area is 171 Å². The molecule has 2 aromatic heterocycles. The predicted octanol–water partition coefficient (Wildman–Crippen LogP) is 4.87. The zero-order valence-corrected chi connectivity index (χ0v) is 16.8. The monoisotopic (exact) mass is 441 g/mol. The lowest BCUT2D eigenvalue weighted by molar-refractivity contribution is 0.0992. The third-order valence-electron chi connectivity index (χ3n) is 4.50. The molecule has 1 aliphatic rings. The molecule has 28 heavy (non-hydrogen) atoms. The number of halogens is 1. The molecule has 3 aromatic rings. The molecule has 1 N–H and O–H groups in total. The van der Waals surface area contributed by atoms with Crippen molar-refractivity contribution in [2.75, 3.05) is 23.3 Å². The van der Waals surface area contributed by atoms with Gasteiger partial charge in [0.2, 0.25) is 0 Å². The largest absolute Gasteiger partial charge is 0.486 e. The number of anilines is 2. The zero-order valence-electron chi connectivity index (χ0n) is 15.2. The first-order valence-corrected chi connectivity index (χ1v) is 9.96. The summed E-state index contributed by atoms with van der Waals surface area (Å²) < 4.78 is 12.2. The normalized spacial score (nSPS) is 13.5. The van der Waals surface area contributed by atoms with Gasteiger partial charge in [-0.15, -0.1) is 0 Å². The van der Waals surface area contributed by atoms with Gasteiger partial charge in [-0.1, -0.05) is 22.0 Å². The molecular formula is C21H20BrN3O3. The molecule has 0 atom stereocenters. The maximum Gasteiger partial charge on any atom is 0.291 e. The number of ether oxygens (including phenoxy) is 1. The van der Waals surface area contributed by atoms with Crippen LogP contribution in [0.2, 0.25) is 0 Å². The van der Waals surface area contributed by atoms with Crippen LogP contribution in [-0.2, 0) is 6.61 Å². The van der Waals surface area contributed by atoms with E-state index >= 15 is 0 Å². The minimum absolute atomic E-state index is 0.233. The number of hydrogen-bond acceptors (Lipinski definition) is 5. The Balaban J connectivity index is 1.33. The molecule has 1 aromatic carbocycles. The van der Waals surface area contributed by atoms with Crippen molar-refractivity contribution in [3.8, 4) is 5.75 Å². The number of nitrogens with zero attached hydrogens (tertiary/aromatic N) is 2. The summed E-state index contributed by atoms with van der Waals surface area (Å²) in [5.41, 5.74) is 0.635. The number of rotatable bonds is 6. The Hall–Kier alpha value is -2.80. The van der Waals surface area contributed by atoms with Crippen LogP contribution >= 0.6 is 15.9 Å². The van der Waals surface area contributed by atoms with Crippen LogP contribution in [0.25, 0.3) is 0 Å². The third kappa shape index (κ3) is 4.54. The number of nitrogens with one attached hydrogen (secondary N) is 1. The molecule has 0 spiro atoms. The second-order valence-electron chi connectivity index (χ2n) is 6.57. The van der Waals surface area contributed by atoms with Gasteiger partial charge in [0, 0.05) is 17.6 Å². The molecule has 6 nitrogen and oxygen atoms in total. The topological polar surface area (TPSA) is 67.6 Å². The molecule has 0 bridgehead atoms. The molecule has 0 radical (unpaired) electrons. The number of aromatic nitrogens is 1. The van der Waals surface area contributed by atoms with Crippen LogP contribution in [0.1, 0.15) is 29.2 Å². The third-order valence-corrected chi connectivity index (χ3v) is 4.99. The van der Waals surface area contributed by atoms with Crippen LogP contribution in [0.3, 0.4) is 0 Å². The van der Waals surface area contributed by atoms with E-state index in [9.17, 15) is 4.79 Å². The molecule has 1 saturated heterocycles. The fraction of sp³-hybridized carbons (Fsp3) is 0.238. The second-order valence-corrected chi connectivity index (χ2v) is 7.48. The van der Waals surface area contributed by atoms with Gasteiger partial charge in [0.1, 0.15) is 23.9 Å². The summed E-state index contributed by atoms with van der Waals surface area (Å²) in [6.45, 7) is 2.32. The first kappa shape index (κ1) is 18.6. The summed E-state index contributed by atoms with van der Waals surface area (Å²) >= 11 is 3.40. The summed E-state index contributed by atoms with van der Waals surface area (Å²) in [5, 5.41) is 2.81. The van der Waals surface area contributed by atoms with E-state index < -0.39 is 0 Å². The van der Waals surface area contributed by atoms with Crippen LogP contribution in [-0.4, -0.2) is 24.0 Å². The molecule has 0 aliphatic carbocycles. The average Bonchev–Trinajstić information content (AvgIpc) is 3.39. The number of furan rings is 1. The van der Waals surface area contributed by atoms with Crippen molar-refractivity contribution in [3.05, 3.63) is 70.7 Å². The molecule has 144 valence electrons. The van der Waals surface area contributed by atoms with E-state index in [4.69, 9.17) is 9.15 Å². The molecule has 7 heteroatoms. The van der Waals surface area contributed by atoms with Crippen molar-refractivity contribution in [3.63, 3.8) is 0 Å². The van der Waals surface area contributed by atoms with E-state index in [1.165, 1.54) is 12.8 Å². The Morgan fingerprint density at radius 2 is 2.04 bits per heavy atom. The zero-order chi connectivity index (χ0) is 19.3. The van der Waals surface area contributed by atoms with Crippen molar-refractivity contribution in [2.45, 2.75) is 19.4 Å². The Morgan fingerprint density at radius 1 is 1.18 bits per heavy atom. The maximum atomic E-state index is 12.4. The number of pyridine rings is 1. The van der Waals surface area contributed by atoms with Crippen LogP contribution in [0.15, 0.2) is 63.6 Å². The van der Waals surface area contributed by atoms with Crippen LogP contribution in [0.4, 0.5) is 11.5 Å². The van der Waals surface area contributed by atoms with Crippen molar-refractivity contribution in [1.82, 2.24) is 4.98 Å². The summed E-state index contributed by atoms with van der Waals surface area (Å²) in [6.07, 6.45) is 4.07. The van der Waals surface area contributed by atoms with E-state index in [1.54, 1.807) is 18.3 Å². The smallest absolute Gasteiger partial charge is 0.291 e. The molecule has 0 saturated carbocycles. The molecular weight excluding hydrogens is 422 g/mol. The summed E-state index contributed by atoms with van der Waals surface area (Å²) in [5.74, 6) is 2.16. The van der Waals surface area contributed by atoms with Gasteiger partial charge in [-0.3, -0.25) is 4.79 Å². The fourth-order valence-electron chi connectivity index (χ4n) is 3.07. The SMILES string of the molecule is O=C(Nc1ccc(N2CCCC2)nc1)c1ccc(COc2cccc(Br)c2)o1. The van der Waals surface area contributed by atoms with Crippen molar-refractivity contribution in [1.29, 1.82) is 0 Å². The number of carbonyl (C=O) groups excluding carboxylic acids is 1. The Kier molecular flexibility index (Phi) is 5.62. The molecule has 4 rings (SSSR count). The van der Waals surface area contributed by atoms with Gasteiger partial charge < -0.3 is 19.4 Å². The van der Waals surface area contributed by atoms with Gasteiger partial charge >= 0.3 is 0 Å². The lowest BCUT2D eigenvalue weighted by Gasteiger charge is -2.16. The number of hydrogen-bond donors (Lipinski definition) is 1. The van der Waals surface area contributed by atoms with Crippen LogP contribution < -0.4 is 15.0 Å². The first-order chi connectivity index (χ1) is 13.7. The van der Waals surface area contributed by atoms with Gasteiger partial charge in [0.05, 0.1) is 11.9 Å². The summed E-state index contributed by atoms with van der Waals surface area (Å²) in [6, 6.07) is 14.7. The number of benzene rings is 1. The van der Waals surface area contributed by atoms with Crippen molar-refractivity contribution < 1.29 is 13.9 Å². The fourth-order valence-corrected chi connectivity index (χ4v) is 3.45. The van der Waals surface area contributed by atoms with E-state index in [1.807, 2.05) is 36.4 Å². The minimum atomic E-state index is -0.315. The van der Waals surface area contributed by atoms with E-state index in [0.29, 0.717) is 11.4 Å². The van der Waals surface area contributed by atoms with Crippen LogP contribution in [0.5, 0.6) is 5.75 Å². The Morgan fingerprint density at radius 3 is 2.79 bits per heavy atom. The lowest BCUT2D eigenvalue weighted by atomic mass is 10.3. The second kappa shape index (κ2) is 8.48. The highest BCUT2D eigenvalue weighted by Crippen LogP contribution is 2.21.